The van der Waals surface area contributed by atoms with Crippen molar-refractivity contribution < 1.29 is 9.63 Å². The van der Waals surface area contributed by atoms with E-state index in [0.29, 0.717) is 17.6 Å². The summed E-state index contributed by atoms with van der Waals surface area (Å²) < 4.78 is 5.13. The molecule has 4 nitrogen and oxygen atoms in total. The molecule has 1 N–H and O–H groups in total. The van der Waals surface area contributed by atoms with Gasteiger partial charge in [0, 0.05) is 11.7 Å². The van der Waals surface area contributed by atoms with Gasteiger partial charge in [-0.3, -0.25) is 0 Å². The molecule has 1 aromatic rings. The summed E-state index contributed by atoms with van der Waals surface area (Å²) in [5.41, 5.74) is 0. The van der Waals surface area contributed by atoms with Crippen LogP contribution in [-0.2, 0) is 12.2 Å². The molecule has 1 rings (SSSR count). The maximum absolute atomic E-state index is 9.34. The van der Waals surface area contributed by atoms with Crippen LogP contribution in [0.3, 0.4) is 0 Å². The number of thioether (sulfide) groups is 1. The summed E-state index contributed by atoms with van der Waals surface area (Å²) in [4.78, 5) is 4.30. The van der Waals surface area contributed by atoms with Gasteiger partial charge >= 0.3 is 0 Å². The smallest absolute Gasteiger partial charge is 0.236 e. The van der Waals surface area contributed by atoms with Gasteiger partial charge in [0.1, 0.15) is 0 Å². The first kappa shape index (κ1) is 13.5. The van der Waals surface area contributed by atoms with Crippen LogP contribution < -0.4 is 0 Å². The molecule has 0 saturated heterocycles. The number of hydrogen-bond donors (Lipinski definition) is 1. The highest BCUT2D eigenvalue weighted by molar-refractivity contribution is 7.99. The zero-order chi connectivity index (χ0) is 12.1. The first-order valence-electron chi connectivity index (χ1n) is 5.60. The second-order valence-corrected chi connectivity index (χ2v) is 5.82. The van der Waals surface area contributed by atoms with Gasteiger partial charge in [0.25, 0.3) is 0 Å². The van der Waals surface area contributed by atoms with Crippen LogP contribution in [0.2, 0.25) is 0 Å². The number of nitrogens with zero attached hydrogens (tertiary/aromatic N) is 2. The molecule has 0 spiro atoms. The maximum atomic E-state index is 9.34. The molecular formula is C11H20N2O2S. The van der Waals surface area contributed by atoms with Crippen molar-refractivity contribution in [3.8, 4) is 0 Å². The van der Waals surface area contributed by atoms with Crippen molar-refractivity contribution in [1.82, 2.24) is 10.1 Å². The molecule has 2 atom stereocenters. The minimum absolute atomic E-state index is 0.181. The molecule has 0 radical (unpaired) electrons. The Morgan fingerprint density at radius 1 is 1.31 bits per heavy atom. The minimum Gasteiger partial charge on any atom is -0.392 e. The fourth-order valence-corrected chi connectivity index (χ4v) is 1.94. The molecule has 16 heavy (non-hydrogen) atoms. The van der Waals surface area contributed by atoms with Crippen LogP contribution in [0.1, 0.15) is 39.4 Å². The molecule has 1 heterocycles. The summed E-state index contributed by atoms with van der Waals surface area (Å²) in [7, 11) is 0. The van der Waals surface area contributed by atoms with Crippen molar-refractivity contribution >= 4 is 11.8 Å². The molecule has 0 amide bonds. The predicted molar refractivity (Wildman–Crippen MR) is 65.3 cm³/mol. The SMILES string of the molecule is CC(C)Cc1noc(CSC(C)C(C)O)n1. The molecular weight excluding hydrogens is 224 g/mol. The van der Waals surface area contributed by atoms with Gasteiger partial charge in [-0.05, 0) is 12.8 Å². The molecule has 92 valence electrons. The van der Waals surface area contributed by atoms with E-state index in [9.17, 15) is 5.11 Å². The fourth-order valence-electron chi connectivity index (χ4n) is 1.14. The Hall–Kier alpha value is -0.550. The van der Waals surface area contributed by atoms with Crippen molar-refractivity contribution in [2.75, 3.05) is 0 Å². The highest BCUT2D eigenvalue weighted by Crippen LogP contribution is 2.19. The van der Waals surface area contributed by atoms with E-state index in [4.69, 9.17) is 4.52 Å². The number of aromatic nitrogens is 2. The van der Waals surface area contributed by atoms with Gasteiger partial charge in [0.2, 0.25) is 5.89 Å². The monoisotopic (exact) mass is 244 g/mol. The second kappa shape index (κ2) is 6.25. The van der Waals surface area contributed by atoms with E-state index in [1.807, 2.05) is 6.92 Å². The third-order valence-corrected chi connectivity index (χ3v) is 3.58. The third-order valence-electron chi connectivity index (χ3n) is 2.25. The summed E-state index contributed by atoms with van der Waals surface area (Å²) in [6.07, 6.45) is 0.531. The Bertz CT molecular complexity index is 313. The van der Waals surface area contributed by atoms with E-state index in [1.54, 1.807) is 18.7 Å². The van der Waals surface area contributed by atoms with Crippen molar-refractivity contribution in [3.05, 3.63) is 11.7 Å². The van der Waals surface area contributed by atoms with Crippen LogP contribution >= 0.6 is 11.8 Å². The number of aliphatic hydroxyl groups is 1. The van der Waals surface area contributed by atoms with Crippen LogP contribution in [0.15, 0.2) is 4.52 Å². The van der Waals surface area contributed by atoms with E-state index < -0.39 is 0 Å². The zero-order valence-electron chi connectivity index (χ0n) is 10.3. The van der Waals surface area contributed by atoms with Gasteiger partial charge in [-0.15, -0.1) is 11.8 Å². The number of aliphatic hydroxyl groups excluding tert-OH is 1. The third kappa shape index (κ3) is 4.53. The second-order valence-electron chi connectivity index (χ2n) is 4.46. The molecule has 0 saturated carbocycles. The Morgan fingerprint density at radius 2 is 2.00 bits per heavy atom. The summed E-state index contributed by atoms with van der Waals surface area (Å²) in [6.45, 7) is 8.02. The van der Waals surface area contributed by atoms with E-state index >= 15 is 0 Å². The molecule has 0 aromatic carbocycles. The van der Waals surface area contributed by atoms with E-state index in [2.05, 4.69) is 24.0 Å². The van der Waals surface area contributed by atoms with Gasteiger partial charge in [0.15, 0.2) is 5.82 Å². The summed E-state index contributed by atoms with van der Waals surface area (Å²) >= 11 is 1.62. The molecule has 1 aromatic heterocycles. The summed E-state index contributed by atoms with van der Waals surface area (Å²) in [6, 6.07) is 0. The lowest BCUT2D eigenvalue weighted by molar-refractivity contribution is 0.196. The molecule has 2 unspecified atom stereocenters. The molecule has 0 bridgehead atoms. The van der Waals surface area contributed by atoms with Gasteiger partial charge in [-0.25, -0.2) is 0 Å². The first-order valence-corrected chi connectivity index (χ1v) is 6.65. The number of hydrogen-bond acceptors (Lipinski definition) is 5. The number of rotatable bonds is 6. The normalized spacial score (nSPS) is 15.4. The molecule has 0 aliphatic heterocycles. The minimum atomic E-state index is -0.317. The van der Waals surface area contributed by atoms with Gasteiger partial charge < -0.3 is 9.63 Å². The lowest BCUT2D eigenvalue weighted by atomic mass is 10.1. The Kier molecular flexibility index (Phi) is 5.28. The standard InChI is InChI=1S/C11H20N2O2S/c1-7(2)5-10-12-11(15-13-10)6-16-9(4)8(3)14/h7-9,14H,5-6H2,1-4H3. The van der Waals surface area contributed by atoms with E-state index in [1.165, 1.54) is 0 Å². The lowest BCUT2D eigenvalue weighted by Crippen LogP contribution is -2.15. The van der Waals surface area contributed by atoms with Crippen molar-refractivity contribution in [3.63, 3.8) is 0 Å². The van der Waals surface area contributed by atoms with Crippen LogP contribution in [0.5, 0.6) is 0 Å². The molecule has 5 heteroatoms. The molecule has 0 aliphatic carbocycles. The molecule has 0 aliphatic rings. The molecule has 0 fully saturated rings. The average Bonchev–Trinajstić information content (AvgIpc) is 2.60. The summed E-state index contributed by atoms with van der Waals surface area (Å²) in [5, 5.41) is 13.4. The van der Waals surface area contributed by atoms with Crippen molar-refractivity contribution in [2.45, 2.75) is 51.2 Å². The fraction of sp³-hybridized carbons (Fsp3) is 0.818. The average molecular weight is 244 g/mol. The van der Waals surface area contributed by atoms with Crippen LogP contribution in [0, 0.1) is 5.92 Å². The van der Waals surface area contributed by atoms with Crippen molar-refractivity contribution in [1.29, 1.82) is 0 Å². The largest absolute Gasteiger partial charge is 0.392 e. The van der Waals surface area contributed by atoms with Gasteiger partial charge in [-0.2, -0.15) is 4.98 Å². The van der Waals surface area contributed by atoms with E-state index in [-0.39, 0.29) is 11.4 Å². The lowest BCUT2D eigenvalue weighted by Gasteiger charge is -2.11. The Balaban J connectivity index is 2.40. The quantitative estimate of drug-likeness (QED) is 0.832. The highest BCUT2D eigenvalue weighted by Gasteiger charge is 2.13. The Labute approximate surface area is 101 Å². The van der Waals surface area contributed by atoms with Crippen molar-refractivity contribution in [2.24, 2.45) is 5.92 Å². The Morgan fingerprint density at radius 3 is 2.56 bits per heavy atom. The maximum Gasteiger partial charge on any atom is 0.236 e. The van der Waals surface area contributed by atoms with Crippen LogP contribution in [-0.4, -0.2) is 26.6 Å². The van der Waals surface area contributed by atoms with Crippen LogP contribution in [0.4, 0.5) is 0 Å². The highest BCUT2D eigenvalue weighted by atomic mass is 32.2. The first-order chi connectivity index (χ1) is 7.49. The van der Waals surface area contributed by atoms with Gasteiger partial charge in [-0.1, -0.05) is 25.9 Å². The van der Waals surface area contributed by atoms with E-state index in [0.717, 1.165) is 12.2 Å². The van der Waals surface area contributed by atoms with Crippen LogP contribution in [0.25, 0.3) is 0 Å². The zero-order valence-corrected chi connectivity index (χ0v) is 11.1. The topological polar surface area (TPSA) is 59.2 Å². The predicted octanol–water partition coefficient (Wildman–Crippen LogP) is 2.27. The summed E-state index contributed by atoms with van der Waals surface area (Å²) in [5.74, 6) is 2.62. The van der Waals surface area contributed by atoms with Gasteiger partial charge in [0.05, 0.1) is 11.9 Å².